The van der Waals surface area contributed by atoms with Crippen LogP contribution in [0.2, 0.25) is 0 Å². The number of hydrogen-bond acceptors (Lipinski definition) is 3. The van der Waals surface area contributed by atoms with Gasteiger partial charge in [0.05, 0.1) is 12.7 Å². The highest BCUT2D eigenvalue weighted by Crippen LogP contribution is 2.15. The van der Waals surface area contributed by atoms with Gasteiger partial charge in [0.2, 0.25) is 0 Å². The SMILES string of the molecule is N#CC(NCCO)c1ccccc1F. The van der Waals surface area contributed by atoms with Crippen LogP contribution in [0.1, 0.15) is 11.6 Å². The summed E-state index contributed by atoms with van der Waals surface area (Å²) in [6.07, 6.45) is 0. The van der Waals surface area contributed by atoms with E-state index in [-0.39, 0.29) is 13.2 Å². The number of nitriles is 1. The van der Waals surface area contributed by atoms with Crippen LogP contribution in [0.3, 0.4) is 0 Å². The molecule has 0 radical (unpaired) electrons. The third-order valence-electron chi connectivity index (χ3n) is 1.81. The predicted octanol–water partition coefficient (Wildman–Crippen LogP) is 0.972. The first-order valence-corrected chi connectivity index (χ1v) is 4.28. The highest BCUT2D eigenvalue weighted by Gasteiger charge is 2.12. The Morgan fingerprint density at radius 2 is 2.21 bits per heavy atom. The van der Waals surface area contributed by atoms with Crippen molar-refractivity contribution in [3.63, 3.8) is 0 Å². The van der Waals surface area contributed by atoms with Crippen molar-refractivity contribution in [1.82, 2.24) is 5.32 Å². The van der Waals surface area contributed by atoms with Gasteiger partial charge in [0.15, 0.2) is 0 Å². The van der Waals surface area contributed by atoms with Gasteiger partial charge < -0.3 is 5.11 Å². The molecular formula is C10H11FN2O. The molecule has 0 spiro atoms. The van der Waals surface area contributed by atoms with E-state index in [0.29, 0.717) is 5.56 Å². The minimum atomic E-state index is -0.705. The van der Waals surface area contributed by atoms with Crippen molar-refractivity contribution in [2.45, 2.75) is 6.04 Å². The molecule has 0 aromatic heterocycles. The Bertz CT molecular complexity index is 335. The van der Waals surface area contributed by atoms with Crippen molar-refractivity contribution in [2.24, 2.45) is 0 Å². The molecule has 1 unspecified atom stereocenters. The number of aliphatic hydroxyl groups excluding tert-OH is 1. The molecule has 0 aliphatic heterocycles. The number of nitrogens with zero attached hydrogens (tertiary/aromatic N) is 1. The van der Waals surface area contributed by atoms with E-state index < -0.39 is 11.9 Å². The maximum atomic E-state index is 13.2. The van der Waals surface area contributed by atoms with Crippen LogP contribution in [0.25, 0.3) is 0 Å². The molecule has 0 saturated heterocycles. The molecule has 0 saturated carbocycles. The number of hydrogen-bond donors (Lipinski definition) is 2. The van der Waals surface area contributed by atoms with Gasteiger partial charge in [-0.15, -0.1) is 0 Å². The Morgan fingerprint density at radius 1 is 1.50 bits per heavy atom. The highest BCUT2D eigenvalue weighted by atomic mass is 19.1. The van der Waals surface area contributed by atoms with E-state index in [2.05, 4.69) is 5.32 Å². The van der Waals surface area contributed by atoms with Crippen LogP contribution < -0.4 is 5.32 Å². The molecule has 3 nitrogen and oxygen atoms in total. The lowest BCUT2D eigenvalue weighted by molar-refractivity contribution is 0.288. The Labute approximate surface area is 81.8 Å². The zero-order valence-corrected chi connectivity index (χ0v) is 7.57. The number of rotatable bonds is 4. The molecule has 2 N–H and O–H groups in total. The van der Waals surface area contributed by atoms with E-state index in [9.17, 15) is 4.39 Å². The quantitative estimate of drug-likeness (QED) is 0.751. The lowest BCUT2D eigenvalue weighted by Crippen LogP contribution is -2.24. The van der Waals surface area contributed by atoms with Crippen molar-refractivity contribution in [3.05, 3.63) is 35.6 Å². The summed E-state index contributed by atoms with van der Waals surface area (Å²) >= 11 is 0. The second kappa shape index (κ2) is 5.32. The molecule has 0 aliphatic rings. The fourth-order valence-electron chi connectivity index (χ4n) is 1.14. The molecule has 1 rings (SSSR count). The van der Waals surface area contributed by atoms with Gasteiger partial charge in [-0.05, 0) is 6.07 Å². The van der Waals surface area contributed by atoms with Gasteiger partial charge >= 0.3 is 0 Å². The Hall–Kier alpha value is -1.44. The predicted molar refractivity (Wildman–Crippen MR) is 49.8 cm³/mol. The summed E-state index contributed by atoms with van der Waals surface area (Å²) in [6, 6.07) is 7.32. The minimum Gasteiger partial charge on any atom is -0.395 e. The maximum absolute atomic E-state index is 13.2. The third kappa shape index (κ3) is 2.52. The van der Waals surface area contributed by atoms with Gasteiger partial charge in [-0.2, -0.15) is 5.26 Å². The van der Waals surface area contributed by atoms with E-state index in [1.54, 1.807) is 18.2 Å². The lowest BCUT2D eigenvalue weighted by atomic mass is 10.1. The molecular weight excluding hydrogens is 183 g/mol. The fourth-order valence-corrected chi connectivity index (χ4v) is 1.14. The topological polar surface area (TPSA) is 56.0 Å². The molecule has 0 heterocycles. The standard InChI is InChI=1S/C10H11FN2O/c11-9-4-2-1-3-8(9)10(7-12)13-5-6-14/h1-4,10,13-14H,5-6H2. The molecule has 1 atom stereocenters. The minimum absolute atomic E-state index is 0.0768. The van der Waals surface area contributed by atoms with Gasteiger partial charge in [0, 0.05) is 12.1 Å². The van der Waals surface area contributed by atoms with Crippen LogP contribution in [0.4, 0.5) is 4.39 Å². The van der Waals surface area contributed by atoms with Crippen LogP contribution in [0, 0.1) is 17.1 Å². The normalized spacial score (nSPS) is 12.1. The van der Waals surface area contributed by atoms with E-state index in [1.165, 1.54) is 6.07 Å². The lowest BCUT2D eigenvalue weighted by Gasteiger charge is -2.11. The summed E-state index contributed by atoms with van der Waals surface area (Å²) in [5.74, 6) is -0.413. The van der Waals surface area contributed by atoms with Gasteiger partial charge in [-0.25, -0.2) is 4.39 Å². The summed E-state index contributed by atoms with van der Waals surface area (Å²) in [7, 11) is 0. The summed E-state index contributed by atoms with van der Waals surface area (Å²) < 4.78 is 13.2. The largest absolute Gasteiger partial charge is 0.395 e. The van der Waals surface area contributed by atoms with Gasteiger partial charge in [-0.3, -0.25) is 5.32 Å². The third-order valence-corrected chi connectivity index (χ3v) is 1.81. The first kappa shape index (κ1) is 10.6. The Morgan fingerprint density at radius 3 is 2.79 bits per heavy atom. The molecule has 4 heteroatoms. The van der Waals surface area contributed by atoms with E-state index in [0.717, 1.165) is 0 Å². The van der Waals surface area contributed by atoms with Crippen molar-refractivity contribution in [3.8, 4) is 6.07 Å². The van der Waals surface area contributed by atoms with E-state index in [4.69, 9.17) is 10.4 Å². The molecule has 1 aromatic rings. The van der Waals surface area contributed by atoms with Crippen molar-refractivity contribution in [1.29, 1.82) is 5.26 Å². The molecule has 1 aromatic carbocycles. The summed E-state index contributed by atoms with van der Waals surface area (Å²) in [5, 5.41) is 20.1. The molecule has 0 aliphatic carbocycles. The van der Waals surface area contributed by atoms with Crippen molar-refractivity contribution < 1.29 is 9.50 Å². The molecule has 14 heavy (non-hydrogen) atoms. The van der Waals surface area contributed by atoms with Crippen molar-refractivity contribution >= 4 is 0 Å². The molecule has 74 valence electrons. The Kier molecular flexibility index (Phi) is 4.05. The number of aliphatic hydroxyl groups is 1. The van der Waals surface area contributed by atoms with Crippen LogP contribution in [0.15, 0.2) is 24.3 Å². The molecule has 0 bridgehead atoms. The summed E-state index contributed by atoms with van der Waals surface area (Å²) in [6.45, 7) is 0.194. The zero-order valence-electron chi connectivity index (χ0n) is 7.57. The second-order valence-electron chi connectivity index (χ2n) is 2.76. The molecule has 0 fully saturated rings. The number of nitrogens with one attached hydrogen (secondary N) is 1. The van der Waals surface area contributed by atoms with Gasteiger partial charge in [0.25, 0.3) is 0 Å². The maximum Gasteiger partial charge on any atom is 0.129 e. The number of benzene rings is 1. The van der Waals surface area contributed by atoms with E-state index in [1.807, 2.05) is 6.07 Å². The highest BCUT2D eigenvalue weighted by molar-refractivity contribution is 5.25. The first-order chi connectivity index (χ1) is 6.79. The monoisotopic (exact) mass is 194 g/mol. The van der Waals surface area contributed by atoms with Crippen LogP contribution in [-0.2, 0) is 0 Å². The van der Waals surface area contributed by atoms with Crippen LogP contribution in [-0.4, -0.2) is 18.3 Å². The first-order valence-electron chi connectivity index (χ1n) is 4.28. The average molecular weight is 194 g/mol. The Balaban J connectivity index is 2.80. The smallest absolute Gasteiger partial charge is 0.129 e. The van der Waals surface area contributed by atoms with Crippen LogP contribution in [0.5, 0.6) is 0 Å². The fraction of sp³-hybridized carbons (Fsp3) is 0.300. The van der Waals surface area contributed by atoms with E-state index >= 15 is 0 Å². The van der Waals surface area contributed by atoms with Gasteiger partial charge in [0.1, 0.15) is 11.9 Å². The van der Waals surface area contributed by atoms with Gasteiger partial charge in [-0.1, -0.05) is 18.2 Å². The average Bonchev–Trinajstić information content (AvgIpc) is 2.21. The number of halogens is 1. The van der Waals surface area contributed by atoms with Crippen LogP contribution >= 0.6 is 0 Å². The zero-order chi connectivity index (χ0) is 10.4. The van der Waals surface area contributed by atoms with Crippen molar-refractivity contribution in [2.75, 3.05) is 13.2 Å². The second-order valence-corrected chi connectivity index (χ2v) is 2.76. The molecule has 0 amide bonds. The summed E-state index contributed by atoms with van der Waals surface area (Å²) in [5.41, 5.74) is 0.309. The summed E-state index contributed by atoms with van der Waals surface area (Å²) in [4.78, 5) is 0.